The smallest absolute Gasteiger partial charge is 0.145 e. The first kappa shape index (κ1) is 12.5. The van der Waals surface area contributed by atoms with E-state index in [1.54, 1.807) is 10.9 Å². The molecule has 6 heteroatoms. The highest BCUT2D eigenvalue weighted by molar-refractivity contribution is 5.33. The fourth-order valence-corrected chi connectivity index (χ4v) is 1.62. The third kappa shape index (κ3) is 2.82. The van der Waals surface area contributed by atoms with E-state index in [1.807, 2.05) is 6.92 Å². The van der Waals surface area contributed by atoms with Crippen LogP contribution in [-0.4, -0.2) is 15.0 Å². The Kier molecular flexibility index (Phi) is 3.86. The average Bonchev–Trinajstić information content (AvgIpc) is 2.76. The molecule has 1 aromatic carbocycles. The van der Waals surface area contributed by atoms with Crippen molar-refractivity contribution in [1.82, 2.24) is 15.0 Å². The summed E-state index contributed by atoms with van der Waals surface area (Å²) in [5, 5.41) is 10.7. The summed E-state index contributed by atoms with van der Waals surface area (Å²) in [6.45, 7) is 3.04. The molecule has 0 saturated heterocycles. The lowest BCUT2D eigenvalue weighted by Gasteiger charge is -2.08. The Bertz CT molecular complexity index is 525. The molecular formula is C12H14F2N4. The zero-order chi connectivity index (χ0) is 13.0. The van der Waals surface area contributed by atoms with E-state index in [0.717, 1.165) is 24.8 Å². The van der Waals surface area contributed by atoms with E-state index >= 15 is 0 Å². The lowest BCUT2D eigenvalue weighted by molar-refractivity contribution is 0.570. The molecule has 0 spiro atoms. The number of nitrogens with zero attached hydrogens (tertiary/aromatic N) is 3. The maximum Gasteiger partial charge on any atom is 0.145 e. The maximum absolute atomic E-state index is 13.4. The zero-order valence-electron chi connectivity index (χ0n) is 10.0. The largest absolute Gasteiger partial charge is 0.365 e. The van der Waals surface area contributed by atoms with Gasteiger partial charge < -0.3 is 5.32 Å². The van der Waals surface area contributed by atoms with Crippen LogP contribution in [0.5, 0.6) is 0 Å². The Labute approximate surface area is 104 Å². The van der Waals surface area contributed by atoms with Crippen molar-refractivity contribution in [1.29, 1.82) is 0 Å². The Morgan fingerprint density at radius 2 is 2.17 bits per heavy atom. The molecule has 1 heterocycles. The van der Waals surface area contributed by atoms with Crippen LogP contribution in [0.4, 0.5) is 14.6 Å². The Morgan fingerprint density at radius 1 is 1.33 bits per heavy atom. The van der Waals surface area contributed by atoms with Crippen molar-refractivity contribution < 1.29 is 8.78 Å². The van der Waals surface area contributed by atoms with Gasteiger partial charge in [-0.05, 0) is 12.5 Å². The molecule has 0 bridgehead atoms. The molecule has 0 unspecified atom stereocenters. The van der Waals surface area contributed by atoms with Gasteiger partial charge in [0.15, 0.2) is 0 Å². The van der Waals surface area contributed by atoms with Crippen molar-refractivity contribution in [3.05, 3.63) is 41.6 Å². The van der Waals surface area contributed by atoms with Crippen LogP contribution in [0.3, 0.4) is 0 Å². The van der Waals surface area contributed by atoms with Crippen molar-refractivity contribution >= 4 is 5.82 Å². The summed E-state index contributed by atoms with van der Waals surface area (Å²) in [5.74, 6) is -0.411. The average molecular weight is 252 g/mol. The van der Waals surface area contributed by atoms with Crippen LogP contribution in [0.15, 0.2) is 24.4 Å². The monoisotopic (exact) mass is 252 g/mol. The standard InChI is InChI=1S/C12H14F2N4/c1-2-5-18-12(8-16-17-18)15-7-9-3-4-10(13)6-11(9)14/h3-4,6,8,15H,2,5,7H2,1H3. The number of halogens is 2. The molecule has 1 N–H and O–H groups in total. The molecule has 0 aliphatic carbocycles. The summed E-state index contributed by atoms with van der Waals surface area (Å²) < 4.78 is 27.9. The van der Waals surface area contributed by atoms with Crippen molar-refractivity contribution in [2.75, 3.05) is 5.32 Å². The molecule has 18 heavy (non-hydrogen) atoms. The van der Waals surface area contributed by atoms with Gasteiger partial charge in [0.05, 0.1) is 6.20 Å². The van der Waals surface area contributed by atoms with E-state index in [9.17, 15) is 8.78 Å². The molecule has 1 aromatic heterocycles. The van der Waals surface area contributed by atoms with Crippen molar-refractivity contribution in [3.63, 3.8) is 0 Å². The minimum Gasteiger partial charge on any atom is -0.365 e. The molecule has 0 amide bonds. The lowest BCUT2D eigenvalue weighted by Crippen LogP contribution is -2.08. The number of hydrogen-bond donors (Lipinski definition) is 1. The van der Waals surface area contributed by atoms with E-state index in [1.165, 1.54) is 12.1 Å². The molecule has 96 valence electrons. The van der Waals surface area contributed by atoms with E-state index in [-0.39, 0.29) is 6.54 Å². The first-order valence-corrected chi connectivity index (χ1v) is 5.77. The number of aryl methyl sites for hydroxylation is 1. The Hall–Kier alpha value is -1.98. The number of anilines is 1. The van der Waals surface area contributed by atoms with Crippen LogP contribution in [0.1, 0.15) is 18.9 Å². The second-order valence-corrected chi connectivity index (χ2v) is 3.93. The summed E-state index contributed by atoms with van der Waals surface area (Å²) in [6.07, 6.45) is 2.51. The number of rotatable bonds is 5. The fourth-order valence-electron chi connectivity index (χ4n) is 1.62. The Morgan fingerprint density at radius 3 is 2.89 bits per heavy atom. The highest BCUT2D eigenvalue weighted by Crippen LogP contribution is 2.12. The normalized spacial score (nSPS) is 10.6. The van der Waals surface area contributed by atoms with Gasteiger partial charge in [-0.2, -0.15) is 0 Å². The molecule has 0 aliphatic heterocycles. The third-order valence-corrected chi connectivity index (χ3v) is 2.53. The topological polar surface area (TPSA) is 42.7 Å². The van der Waals surface area contributed by atoms with Crippen LogP contribution in [0.25, 0.3) is 0 Å². The second kappa shape index (κ2) is 5.57. The van der Waals surface area contributed by atoms with Gasteiger partial charge in [0.1, 0.15) is 17.5 Å². The van der Waals surface area contributed by atoms with Gasteiger partial charge in [0.25, 0.3) is 0 Å². The first-order valence-electron chi connectivity index (χ1n) is 5.77. The van der Waals surface area contributed by atoms with Gasteiger partial charge >= 0.3 is 0 Å². The summed E-state index contributed by atoms with van der Waals surface area (Å²) in [7, 11) is 0. The Balaban J connectivity index is 2.04. The molecule has 4 nitrogen and oxygen atoms in total. The summed E-state index contributed by atoms with van der Waals surface area (Å²) in [4.78, 5) is 0. The quantitative estimate of drug-likeness (QED) is 0.889. The first-order chi connectivity index (χ1) is 8.70. The number of nitrogens with one attached hydrogen (secondary N) is 1. The highest BCUT2D eigenvalue weighted by atomic mass is 19.1. The number of hydrogen-bond acceptors (Lipinski definition) is 3. The van der Waals surface area contributed by atoms with Gasteiger partial charge in [-0.25, -0.2) is 13.5 Å². The van der Waals surface area contributed by atoms with E-state index in [2.05, 4.69) is 15.6 Å². The summed E-state index contributed by atoms with van der Waals surface area (Å²) in [6, 6.07) is 3.53. The predicted molar refractivity (Wildman–Crippen MR) is 64.0 cm³/mol. The maximum atomic E-state index is 13.4. The molecule has 0 fully saturated rings. The van der Waals surface area contributed by atoms with Gasteiger partial charge in [0.2, 0.25) is 0 Å². The second-order valence-electron chi connectivity index (χ2n) is 3.93. The van der Waals surface area contributed by atoms with Gasteiger partial charge in [-0.3, -0.25) is 0 Å². The third-order valence-electron chi connectivity index (χ3n) is 2.53. The van der Waals surface area contributed by atoms with Gasteiger partial charge in [-0.15, -0.1) is 5.10 Å². The van der Waals surface area contributed by atoms with Crippen LogP contribution < -0.4 is 5.32 Å². The summed E-state index contributed by atoms with van der Waals surface area (Å²) in [5.41, 5.74) is 0.403. The van der Waals surface area contributed by atoms with Crippen LogP contribution in [0, 0.1) is 11.6 Å². The fraction of sp³-hybridized carbons (Fsp3) is 0.333. The van der Waals surface area contributed by atoms with Crippen LogP contribution in [-0.2, 0) is 13.1 Å². The lowest BCUT2D eigenvalue weighted by atomic mass is 10.2. The van der Waals surface area contributed by atoms with Crippen molar-refractivity contribution in [2.24, 2.45) is 0 Å². The highest BCUT2D eigenvalue weighted by Gasteiger charge is 2.06. The molecule has 0 atom stereocenters. The van der Waals surface area contributed by atoms with Gasteiger partial charge in [0, 0.05) is 24.7 Å². The molecule has 2 aromatic rings. The molecule has 0 aliphatic rings. The van der Waals surface area contributed by atoms with E-state index in [0.29, 0.717) is 5.56 Å². The van der Waals surface area contributed by atoms with Gasteiger partial charge in [-0.1, -0.05) is 18.2 Å². The van der Waals surface area contributed by atoms with E-state index < -0.39 is 11.6 Å². The van der Waals surface area contributed by atoms with Crippen molar-refractivity contribution in [2.45, 2.75) is 26.4 Å². The number of benzene rings is 1. The van der Waals surface area contributed by atoms with E-state index in [4.69, 9.17) is 0 Å². The van der Waals surface area contributed by atoms with Crippen LogP contribution >= 0.6 is 0 Å². The predicted octanol–water partition coefficient (Wildman–Crippen LogP) is 2.58. The van der Waals surface area contributed by atoms with Crippen molar-refractivity contribution in [3.8, 4) is 0 Å². The zero-order valence-corrected chi connectivity index (χ0v) is 10.0. The van der Waals surface area contributed by atoms with Crippen LogP contribution in [0.2, 0.25) is 0 Å². The summed E-state index contributed by atoms with van der Waals surface area (Å²) >= 11 is 0. The molecule has 0 saturated carbocycles. The molecule has 2 rings (SSSR count). The number of aromatic nitrogens is 3. The minimum atomic E-state index is -0.575. The minimum absolute atomic E-state index is 0.267. The molecular weight excluding hydrogens is 238 g/mol. The molecule has 0 radical (unpaired) electrons. The SMILES string of the molecule is CCCn1nncc1NCc1ccc(F)cc1F.